The lowest BCUT2D eigenvalue weighted by molar-refractivity contribution is 0.194. The molecule has 6 nitrogen and oxygen atoms in total. The van der Waals surface area contributed by atoms with Crippen molar-refractivity contribution in [2.75, 3.05) is 24.7 Å². The second-order valence-electron chi connectivity index (χ2n) is 6.34. The number of hydrogen-bond donors (Lipinski definition) is 1. The van der Waals surface area contributed by atoms with Gasteiger partial charge in [-0.05, 0) is 23.6 Å². The minimum absolute atomic E-state index is 0.0817. The molecule has 1 fully saturated rings. The van der Waals surface area contributed by atoms with Gasteiger partial charge in [0.2, 0.25) is 0 Å². The van der Waals surface area contributed by atoms with Crippen LogP contribution in [0.15, 0.2) is 48.2 Å². The number of ether oxygens (including phenoxy) is 1. The second-order valence-corrected chi connectivity index (χ2v) is 7.30. The summed E-state index contributed by atoms with van der Waals surface area (Å²) in [6.07, 6.45) is 4.39. The van der Waals surface area contributed by atoms with Crippen molar-refractivity contribution in [1.82, 2.24) is 9.97 Å². The lowest BCUT2D eigenvalue weighted by Gasteiger charge is -2.13. The van der Waals surface area contributed by atoms with E-state index in [1.807, 2.05) is 12.1 Å². The minimum Gasteiger partial charge on any atom is -0.383 e. The van der Waals surface area contributed by atoms with E-state index in [0.29, 0.717) is 34.6 Å². The van der Waals surface area contributed by atoms with Gasteiger partial charge in [0.15, 0.2) is 0 Å². The van der Waals surface area contributed by atoms with Crippen LogP contribution in [0, 0.1) is 22.7 Å². The highest BCUT2D eigenvalue weighted by Crippen LogP contribution is 2.36. The first-order valence-electron chi connectivity index (χ1n) is 8.69. The third-order valence-electron chi connectivity index (χ3n) is 4.54. The molecule has 7 heteroatoms. The zero-order valence-corrected chi connectivity index (χ0v) is 16.1. The van der Waals surface area contributed by atoms with Crippen LogP contribution in [0.2, 0.25) is 0 Å². The first-order chi connectivity index (χ1) is 13.6. The van der Waals surface area contributed by atoms with Gasteiger partial charge in [-0.25, -0.2) is 4.98 Å². The third kappa shape index (κ3) is 3.91. The van der Waals surface area contributed by atoms with Crippen LogP contribution < -0.4 is 5.73 Å². The molecule has 0 amide bonds. The van der Waals surface area contributed by atoms with Crippen molar-refractivity contribution < 1.29 is 4.74 Å². The summed E-state index contributed by atoms with van der Waals surface area (Å²) < 4.78 is 5.43. The predicted octanol–water partition coefficient (Wildman–Crippen LogP) is 3.81. The van der Waals surface area contributed by atoms with Crippen molar-refractivity contribution >= 4 is 17.6 Å². The van der Waals surface area contributed by atoms with Crippen molar-refractivity contribution in [2.24, 2.45) is 0 Å². The maximum atomic E-state index is 9.78. The van der Waals surface area contributed by atoms with E-state index in [-0.39, 0.29) is 16.9 Å². The first-order valence-corrected chi connectivity index (χ1v) is 9.68. The topological polar surface area (TPSA) is 109 Å². The number of pyridine rings is 2. The Labute approximate surface area is 168 Å². The molecule has 1 aliphatic rings. The number of nitrogens with zero attached hydrogens (tertiary/aromatic N) is 4. The van der Waals surface area contributed by atoms with Crippen molar-refractivity contribution in [3.8, 4) is 23.4 Å². The maximum absolute atomic E-state index is 9.78. The lowest BCUT2D eigenvalue weighted by atomic mass is 9.97. The Morgan fingerprint density at radius 3 is 2.71 bits per heavy atom. The molecule has 3 heterocycles. The molecule has 0 aliphatic carbocycles. The molecular weight excluding hydrogens is 370 g/mol. The van der Waals surface area contributed by atoms with Gasteiger partial charge in [-0.2, -0.15) is 10.5 Å². The monoisotopic (exact) mass is 389 g/mol. The van der Waals surface area contributed by atoms with Crippen LogP contribution in [0.5, 0.6) is 0 Å². The maximum Gasteiger partial charge on any atom is 0.143 e. The zero-order valence-electron chi connectivity index (χ0n) is 15.3. The molecular formula is C21H19N5OS. The van der Waals surface area contributed by atoms with E-state index in [1.165, 1.54) is 11.8 Å². The van der Waals surface area contributed by atoms with Gasteiger partial charge in [0.05, 0.1) is 17.9 Å². The van der Waals surface area contributed by atoms with Gasteiger partial charge in [0, 0.05) is 30.0 Å². The molecule has 0 spiro atoms. The minimum atomic E-state index is 0.0817. The molecule has 1 saturated heterocycles. The van der Waals surface area contributed by atoms with E-state index in [2.05, 4.69) is 35.3 Å². The molecule has 3 rings (SSSR count). The number of nitrogens with two attached hydrogens (primary N) is 1. The van der Waals surface area contributed by atoms with Crippen LogP contribution in [-0.2, 0) is 4.74 Å². The van der Waals surface area contributed by atoms with Crippen LogP contribution in [0.3, 0.4) is 0 Å². The Bertz CT molecular complexity index is 995. The van der Waals surface area contributed by atoms with Crippen molar-refractivity contribution in [3.05, 3.63) is 59.8 Å². The number of anilines is 1. The average molecular weight is 389 g/mol. The van der Waals surface area contributed by atoms with E-state index >= 15 is 0 Å². The summed E-state index contributed by atoms with van der Waals surface area (Å²) in [5, 5.41) is 19.8. The van der Waals surface area contributed by atoms with Crippen LogP contribution in [0.1, 0.15) is 29.0 Å². The molecule has 1 atom stereocenters. The van der Waals surface area contributed by atoms with Crippen molar-refractivity contribution in [3.63, 3.8) is 0 Å². The normalized spacial score (nSPS) is 15.6. The van der Waals surface area contributed by atoms with E-state index < -0.39 is 0 Å². The van der Waals surface area contributed by atoms with Gasteiger partial charge in [-0.3, -0.25) is 4.98 Å². The number of hydrogen-bond acceptors (Lipinski definition) is 7. The van der Waals surface area contributed by atoms with E-state index in [1.54, 1.807) is 12.3 Å². The standard InChI is InChI=1S/C21H19N5OS/c1-3-13(2)12-28-21-17(9-23)19(16(8-22)20(24)26-21)18-5-4-14(10-25-18)15-6-7-27-11-15/h3-5,10,15H,1-2,6-7,11-12H2,(H2,24,26). The van der Waals surface area contributed by atoms with Gasteiger partial charge < -0.3 is 10.5 Å². The van der Waals surface area contributed by atoms with Crippen LogP contribution in [0.25, 0.3) is 11.3 Å². The van der Waals surface area contributed by atoms with Gasteiger partial charge >= 0.3 is 0 Å². The summed E-state index contributed by atoms with van der Waals surface area (Å²) in [7, 11) is 0. The molecule has 0 bridgehead atoms. The predicted molar refractivity (Wildman–Crippen MR) is 110 cm³/mol. The van der Waals surface area contributed by atoms with Crippen molar-refractivity contribution in [2.45, 2.75) is 17.4 Å². The van der Waals surface area contributed by atoms with E-state index in [0.717, 1.165) is 24.2 Å². The molecule has 140 valence electrons. The van der Waals surface area contributed by atoms with E-state index in [4.69, 9.17) is 10.5 Å². The molecule has 0 saturated carbocycles. The smallest absolute Gasteiger partial charge is 0.143 e. The van der Waals surface area contributed by atoms with E-state index in [9.17, 15) is 10.5 Å². The Kier molecular flexibility index (Phi) is 6.10. The summed E-state index contributed by atoms with van der Waals surface area (Å²) in [6.45, 7) is 8.99. The first kappa shape index (κ1) is 19.6. The fraction of sp³-hybridized carbons (Fsp3) is 0.238. The lowest BCUT2D eigenvalue weighted by Crippen LogP contribution is -2.05. The van der Waals surface area contributed by atoms with Crippen LogP contribution in [0.4, 0.5) is 5.82 Å². The van der Waals surface area contributed by atoms with Crippen LogP contribution in [-0.4, -0.2) is 28.9 Å². The summed E-state index contributed by atoms with van der Waals surface area (Å²) in [5.41, 5.74) is 9.29. The van der Waals surface area contributed by atoms with Gasteiger partial charge in [0.1, 0.15) is 28.5 Å². The number of nitrogen functional groups attached to an aromatic ring is 1. The largest absolute Gasteiger partial charge is 0.383 e. The summed E-state index contributed by atoms with van der Waals surface area (Å²) in [6, 6.07) is 8.02. The Morgan fingerprint density at radius 2 is 2.14 bits per heavy atom. The number of rotatable bonds is 6. The number of aromatic nitrogens is 2. The molecule has 1 unspecified atom stereocenters. The molecule has 2 N–H and O–H groups in total. The second kappa shape index (κ2) is 8.71. The highest BCUT2D eigenvalue weighted by molar-refractivity contribution is 7.99. The van der Waals surface area contributed by atoms with Crippen molar-refractivity contribution in [1.29, 1.82) is 10.5 Å². The summed E-state index contributed by atoms with van der Waals surface area (Å²) in [5.74, 6) is 0.925. The summed E-state index contributed by atoms with van der Waals surface area (Å²) >= 11 is 1.33. The van der Waals surface area contributed by atoms with Gasteiger partial charge in [-0.15, -0.1) is 11.8 Å². The molecule has 28 heavy (non-hydrogen) atoms. The molecule has 0 aromatic carbocycles. The number of nitriles is 2. The average Bonchev–Trinajstić information content (AvgIpc) is 3.26. The molecule has 0 radical (unpaired) electrons. The Morgan fingerprint density at radius 1 is 1.36 bits per heavy atom. The highest BCUT2D eigenvalue weighted by atomic mass is 32.2. The summed E-state index contributed by atoms with van der Waals surface area (Å²) in [4.78, 5) is 8.78. The van der Waals surface area contributed by atoms with Crippen LogP contribution >= 0.6 is 11.8 Å². The quantitative estimate of drug-likeness (QED) is 0.591. The Balaban J connectivity index is 2.06. The molecule has 1 aliphatic heterocycles. The SMILES string of the molecule is C=CC(=C)CSc1nc(N)c(C#N)c(-c2ccc(C3CCOC3)cn2)c1C#N. The number of thioether (sulfide) groups is 1. The highest BCUT2D eigenvalue weighted by Gasteiger charge is 2.23. The molecule has 2 aromatic heterocycles. The Hall–Kier alpha value is -3.13. The molecule has 2 aromatic rings. The zero-order chi connectivity index (χ0) is 20.1. The third-order valence-corrected chi connectivity index (χ3v) is 5.63. The fourth-order valence-electron chi connectivity index (χ4n) is 2.97. The number of allylic oxidation sites excluding steroid dienone is 1. The fourth-order valence-corrected chi connectivity index (χ4v) is 3.87. The van der Waals surface area contributed by atoms with Gasteiger partial charge in [0.25, 0.3) is 0 Å². The van der Waals surface area contributed by atoms with Gasteiger partial charge in [-0.1, -0.05) is 25.3 Å².